The van der Waals surface area contributed by atoms with E-state index in [9.17, 15) is 14.3 Å². The summed E-state index contributed by atoms with van der Waals surface area (Å²) in [6.45, 7) is 2.46. The van der Waals surface area contributed by atoms with Gasteiger partial charge in [0.2, 0.25) is 0 Å². The molecule has 2 atom stereocenters. The maximum atomic E-state index is 14.2. The third kappa shape index (κ3) is 3.16. The second-order valence-electron chi connectivity index (χ2n) is 5.26. The maximum absolute atomic E-state index is 14.2. The first-order valence-electron chi connectivity index (χ1n) is 6.92. The number of carboxylic acids is 1. The summed E-state index contributed by atoms with van der Waals surface area (Å²) >= 11 is 0. The van der Waals surface area contributed by atoms with Gasteiger partial charge in [0.15, 0.2) is 0 Å². The van der Waals surface area contributed by atoms with Crippen LogP contribution in [0.2, 0.25) is 0 Å². The second kappa shape index (κ2) is 6.41. The van der Waals surface area contributed by atoms with Gasteiger partial charge in [0.05, 0.1) is 18.8 Å². The molecule has 6 heteroatoms. The number of carbonyl (C=O) groups is 1. The van der Waals surface area contributed by atoms with Gasteiger partial charge in [-0.3, -0.25) is 5.32 Å². The van der Waals surface area contributed by atoms with Crippen molar-refractivity contribution in [1.82, 2.24) is 5.32 Å². The van der Waals surface area contributed by atoms with Crippen molar-refractivity contribution >= 4 is 5.97 Å². The minimum atomic E-state index is -1.58. The molecule has 2 unspecified atom stereocenters. The first-order chi connectivity index (χ1) is 9.99. The molecule has 1 fully saturated rings. The summed E-state index contributed by atoms with van der Waals surface area (Å²) in [5.41, 5.74) is -1.58. The van der Waals surface area contributed by atoms with E-state index in [2.05, 4.69) is 5.32 Å². The lowest BCUT2D eigenvalue weighted by molar-refractivity contribution is -0.145. The number of hydrogen-bond donors (Lipinski definition) is 2. The summed E-state index contributed by atoms with van der Waals surface area (Å²) in [5, 5.41) is 12.5. The molecule has 1 heterocycles. The summed E-state index contributed by atoms with van der Waals surface area (Å²) in [5.74, 6) is -1.57. The molecule has 0 aliphatic carbocycles. The van der Waals surface area contributed by atoms with Gasteiger partial charge in [-0.05, 0) is 31.9 Å². The van der Waals surface area contributed by atoms with E-state index in [1.165, 1.54) is 26.2 Å². The van der Waals surface area contributed by atoms with Crippen molar-refractivity contribution in [2.24, 2.45) is 0 Å². The number of halogens is 1. The molecule has 0 radical (unpaired) electrons. The van der Waals surface area contributed by atoms with Crippen molar-refractivity contribution in [3.05, 3.63) is 29.6 Å². The number of aliphatic carboxylic acids is 1. The van der Waals surface area contributed by atoms with Gasteiger partial charge in [-0.15, -0.1) is 0 Å². The van der Waals surface area contributed by atoms with Gasteiger partial charge in [0.1, 0.15) is 17.1 Å². The van der Waals surface area contributed by atoms with Crippen LogP contribution in [0.15, 0.2) is 18.2 Å². The highest BCUT2D eigenvalue weighted by atomic mass is 19.1. The highest BCUT2D eigenvalue weighted by molar-refractivity contribution is 5.81. The summed E-state index contributed by atoms with van der Waals surface area (Å²) < 4.78 is 24.8. The summed E-state index contributed by atoms with van der Waals surface area (Å²) in [7, 11) is 1.39. The molecule has 116 valence electrons. The van der Waals surface area contributed by atoms with Crippen LogP contribution in [0.3, 0.4) is 0 Å². The summed E-state index contributed by atoms with van der Waals surface area (Å²) in [4.78, 5) is 11.7. The van der Waals surface area contributed by atoms with Crippen molar-refractivity contribution in [1.29, 1.82) is 0 Å². The van der Waals surface area contributed by atoms with Crippen LogP contribution < -0.4 is 10.1 Å². The topological polar surface area (TPSA) is 67.8 Å². The Hall–Kier alpha value is -1.66. The molecule has 1 aromatic rings. The van der Waals surface area contributed by atoms with Crippen molar-refractivity contribution in [3.8, 4) is 5.75 Å². The largest absolute Gasteiger partial charge is 0.496 e. The predicted octanol–water partition coefficient (Wildman–Crippen LogP) is 1.90. The smallest absolute Gasteiger partial charge is 0.328 e. The molecular weight excluding hydrogens is 277 g/mol. The molecule has 1 saturated heterocycles. The lowest BCUT2D eigenvalue weighted by Gasteiger charge is -2.29. The van der Waals surface area contributed by atoms with Gasteiger partial charge in [-0.1, -0.05) is 6.07 Å². The Morgan fingerprint density at radius 3 is 2.95 bits per heavy atom. The van der Waals surface area contributed by atoms with Gasteiger partial charge in [-0.25, -0.2) is 9.18 Å². The Kier molecular flexibility index (Phi) is 4.80. The monoisotopic (exact) mass is 297 g/mol. The zero-order valence-electron chi connectivity index (χ0n) is 12.2. The van der Waals surface area contributed by atoms with Crippen LogP contribution in [-0.2, 0) is 15.1 Å². The van der Waals surface area contributed by atoms with Gasteiger partial charge in [-0.2, -0.15) is 0 Å². The third-order valence-electron chi connectivity index (χ3n) is 3.83. The fraction of sp³-hybridized carbons (Fsp3) is 0.533. The van der Waals surface area contributed by atoms with E-state index in [0.717, 1.165) is 12.8 Å². The first kappa shape index (κ1) is 15.7. The molecule has 1 aliphatic heterocycles. The van der Waals surface area contributed by atoms with Gasteiger partial charge >= 0.3 is 5.97 Å². The Labute approximate surface area is 123 Å². The van der Waals surface area contributed by atoms with Crippen molar-refractivity contribution in [2.75, 3.05) is 20.3 Å². The standard InChI is InChI=1S/C15H20FNO4/c1-15(14(18)19,17-9-10-5-4-8-21-10)13-11(16)6-3-7-12(13)20-2/h3,6-7,10,17H,4-5,8-9H2,1-2H3,(H,18,19). The van der Waals surface area contributed by atoms with E-state index in [-0.39, 0.29) is 17.4 Å². The van der Waals surface area contributed by atoms with Gasteiger partial charge < -0.3 is 14.6 Å². The first-order valence-corrected chi connectivity index (χ1v) is 6.92. The number of nitrogens with one attached hydrogen (secondary N) is 1. The molecule has 2 N–H and O–H groups in total. The Balaban J connectivity index is 2.30. The highest BCUT2D eigenvalue weighted by Gasteiger charge is 2.40. The van der Waals surface area contributed by atoms with Gasteiger partial charge in [0, 0.05) is 13.2 Å². The van der Waals surface area contributed by atoms with Crippen LogP contribution in [0.25, 0.3) is 0 Å². The average molecular weight is 297 g/mol. The minimum absolute atomic E-state index is 0.00185. The molecule has 0 bridgehead atoms. The summed E-state index contributed by atoms with van der Waals surface area (Å²) in [6.07, 6.45) is 1.79. The summed E-state index contributed by atoms with van der Waals surface area (Å²) in [6, 6.07) is 4.26. The van der Waals surface area contributed by atoms with E-state index in [1.54, 1.807) is 6.07 Å². The van der Waals surface area contributed by atoms with Crippen LogP contribution in [0.5, 0.6) is 5.75 Å². The van der Waals surface area contributed by atoms with Crippen molar-refractivity contribution < 1.29 is 23.8 Å². The third-order valence-corrected chi connectivity index (χ3v) is 3.83. The SMILES string of the molecule is COc1cccc(F)c1C(C)(NCC1CCCO1)C(=O)O. The lowest BCUT2D eigenvalue weighted by Crippen LogP contribution is -2.50. The number of ether oxygens (including phenoxy) is 2. The number of rotatable bonds is 6. The zero-order chi connectivity index (χ0) is 15.5. The Morgan fingerprint density at radius 1 is 1.62 bits per heavy atom. The molecule has 5 nitrogen and oxygen atoms in total. The van der Waals surface area contributed by atoms with Crippen molar-refractivity contribution in [2.45, 2.75) is 31.4 Å². The minimum Gasteiger partial charge on any atom is -0.496 e. The predicted molar refractivity (Wildman–Crippen MR) is 74.9 cm³/mol. The number of benzene rings is 1. The quantitative estimate of drug-likeness (QED) is 0.839. The number of hydrogen-bond acceptors (Lipinski definition) is 4. The second-order valence-corrected chi connectivity index (χ2v) is 5.26. The molecule has 0 saturated carbocycles. The molecule has 0 amide bonds. The van der Waals surface area contributed by atoms with E-state index >= 15 is 0 Å². The van der Waals surface area contributed by atoms with Crippen LogP contribution in [0.1, 0.15) is 25.3 Å². The Bertz CT molecular complexity index is 516. The molecule has 1 aliphatic rings. The molecule has 2 rings (SSSR count). The van der Waals surface area contributed by atoms with Crippen LogP contribution in [0.4, 0.5) is 4.39 Å². The normalized spacial score (nSPS) is 21.0. The number of carboxylic acid groups (broad SMARTS) is 1. The Morgan fingerprint density at radius 2 is 2.38 bits per heavy atom. The van der Waals surface area contributed by atoms with E-state index < -0.39 is 17.3 Å². The molecular formula is C15H20FNO4. The van der Waals surface area contributed by atoms with Crippen LogP contribution in [-0.4, -0.2) is 37.4 Å². The van der Waals surface area contributed by atoms with Crippen LogP contribution >= 0.6 is 0 Å². The molecule has 21 heavy (non-hydrogen) atoms. The van der Waals surface area contributed by atoms with Crippen LogP contribution in [0, 0.1) is 5.82 Å². The van der Waals surface area contributed by atoms with Crippen molar-refractivity contribution in [3.63, 3.8) is 0 Å². The molecule has 0 spiro atoms. The van der Waals surface area contributed by atoms with Gasteiger partial charge in [0.25, 0.3) is 0 Å². The number of methoxy groups -OCH3 is 1. The molecule has 0 aromatic heterocycles. The fourth-order valence-corrected chi connectivity index (χ4v) is 2.55. The lowest BCUT2D eigenvalue weighted by atomic mass is 9.90. The molecule has 1 aromatic carbocycles. The highest BCUT2D eigenvalue weighted by Crippen LogP contribution is 2.33. The average Bonchev–Trinajstić information content (AvgIpc) is 2.97. The van der Waals surface area contributed by atoms with E-state index in [1.807, 2.05) is 0 Å². The fourth-order valence-electron chi connectivity index (χ4n) is 2.55. The van der Waals surface area contributed by atoms with E-state index in [4.69, 9.17) is 9.47 Å². The van der Waals surface area contributed by atoms with E-state index in [0.29, 0.717) is 13.2 Å². The zero-order valence-corrected chi connectivity index (χ0v) is 12.2. The maximum Gasteiger partial charge on any atom is 0.328 e.